The summed E-state index contributed by atoms with van der Waals surface area (Å²) in [5, 5.41) is 16.3. The number of carboxylic acids is 1. The van der Waals surface area contributed by atoms with E-state index < -0.39 is 17.8 Å². The Kier molecular flexibility index (Phi) is 7.21. The van der Waals surface area contributed by atoms with Crippen LogP contribution in [0.2, 0.25) is 0 Å². The molecule has 0 heterocycles. The number of carbonyl (C=O) groups is 3. The van der Waals surface area contributed by atoms with Crippen LogP contribution in [0.3, 0.4) is 0 Å². The van der Waals surface area contributed by atoms with Gasteiger partial charge in [-0.05, 0) is 42.0 Å². The van der Waals surface area contributed by atoms with E-state index in [2.05, 4.69) is 10.6 Å². The second-order valence-electron chi connectivity index (χ2n) is 6.35. The molecule has 0 aliphatic carbocycles. The highest BCUT2D eigenvalue weighted by Crippen LogP contribution is 2.23. The molecule has 158 valence electrons. The number of rotatable bonds is 9. The number of amides is 2. The lowest BCUT2D eigenvalue weighted by Gasteiger charge is -2.15. The lowest BCUT2D eigenvalue weighted by atomic mass is 10.1. The SMILES string of the molecule is O=C(COc1ccccc1)Nc1ccc(C(=O)[O-])cc1NC(=O)COc1ccccc1. The van der Waals surface area contributed by atoms with Crippen LogP contribution in [-0.4, -0.2) is 31.0 Å². The molecule has 3 aromatic carbocycles. The Morgan fingerprint density at radius 1 is 0.677 bits per heavy atom. The van der Waals surface area contributed by atoms with Crippen LogP contribution in [0.4, 0.5) is 11.4 Å². The third kappa shape index (κ3) is 6.60. The summed E-state index contributed by atoms with van der Waals surface area (Å²) in [4.78, 5) is 35.7. The van der Waals surface area contributed by atoms with Crippen LogP contribution in [-0.2, 0) is 9.59 Å². The van der Waals surface area contributed by atoms with E-state index in [4.69, 9.17) is 9.47 Å². The summed E-state index contributed by atoms with van der Waals surface area (Å²) in [6, 6.07) is 21.3. The lowest BCUT2D eigenvalue weighted by molar-refractivity contribution is -0.255. The Bertz CT molecular complexity index is 1050. The predicted octanol–water partition coefficient (Wildman–Crippen LogP) is 2.09. The summed E-state index contributed by atoms with van der Waals surface area (Å²) in [5.74, 6) is -1.40. The highest BCUT2D eigenvalue weighted by atomic mass is 16.5. The molecule has 0 atom stereocenters. The molecule has 31 heavy (non-hydrogen) atoms. The molecule has 0 aliphatic heterocycles. The Labute approximate surface area is 178 Å². The monoisotopic (exact) mass is 419 g/mol. The van der Waals surface area contributed by atoms with Crippen LogP contribution in [0, 0.1) is 0 Å². The fraction of sp³-hybridized carbons (Fsp3) is 0.0870. The summed E-state index contributed by atoms with van der Waals surface area (Å²) in [6.07, 6.45) is 0. The second-order valence-corrected chi connectivity index (χ2v) is 6.35. The van der Waals surface area contributed by atoms with Crippen molar-refractivity contribution in [3.8, 4) is 11.5 Å². The number of anilines is 2. The van der Waals surface area contributed by atoms with E-state index in [1.165, 1.54) is 18.2 Å². The number of benzene rings is 3. The van der Waals surface area contributed by atoms with Gasteiger partial charge in [0, 0.05) is 0 Å². The standard InChI is InChI=1S/C23H20N2O6/c26-21(14-30-17-7-3-1-4-8-17)24-19-12-11-16(23(28)29)13-20(19)25-22(27)15-31-18-9-5-2-6-10-18/h1-13H,14-15H2,(H,24,26)(H,25,27)(H,28,29)/p-1. The molecule has 0 saturated carbocycles. The van der Waals surface area contributed by atoms with Gasteiger partial charge in [0.05, 0.1) is 17.3 Å². The Balaban J connectivity index is 1.65. The topological polar surface area (TPSA) is 117 Å². The quantitative estimate of drug-likeness (QED) is 0.549. The fourth-order valence-corrected chi connectivity index (χ4v) is 2.59. The first-order valence-electron chi connectivity index (χ1n) is 9.32. The minimum Gasteiger partial charge on any atom is -0.545 e. The summed E-state index contributed by atoms with van der Waals surface area (Å²) in [6.45, 7) is -0.569. The van der Waals surface area contributed by atoms with E-state index in [1.807, 2.05) is 12.1 Å². The predicted molar refractivity (Wildman–Crippen MR) is 112 cm³/mol. The average molecular weight is 419 g/mol. The number of hydrogen-bond donors (Lipinski definition) is 2. The van der Waals surface area contributed by atoms with Crippen molar-refractivity contribution in [2.45, 2.75) is 0 Å². The average Bonchev–Trinajstić information content (AvgIpc) is 2.79. The van der Waals surface area contributed by atoms with E-state index in [0.29, 0.717) is 11.5 Å². The van der Waals surface area contributed by atoms with Crippen LogP contribution in [0.15, 0.2) is 78.9 Å². The molecule has 0 radical (unpaired) electrons. The molecular formula is C23H19N2O6-. The van der Waals surface area contributed by atoms with Crippen molar-refractivity contribution >= 4 is 29.2 Å². The van der Waals surface area contributed by atoms with E-state index in [1.54, 1.807) is 48.5 Å². The van der Waals surface area contributed by atoms with Gasteiger partial charge in [0.2, 0.25) is 0 Å². The van der Waals surface area contributed by atoms with Gasteiger partial charge in [0.25, 0.3) is 11.8 Å². The number of ether oxygens (including phenoxy) is 2. The van der Waals surface area contributed by atoms with Crippen LogP contribution in [0.1, 0.15) is 10.4 Å². The maximum absolute atomic E-state index is 12.3. The molecule has 2 amide bonds. The van der Waals surface area contributed by atoms with Gasteiger partial charge in [-0.1, -0.05) is 42.5 Å². The normalized spacial score (nSPS) is 10.1. The van der Waals surface area contributed by atoms with Gasteiger partial charge < -0.3 is 30.0 Å². The summed E-state index contributed by atoms with van der Waals surface area (Å²) in [7, 11) is 0. The summed E-state index contributed by atoms with van der Waals surface area (Å²) in [5.41, 5.74) is 0.147. The first-order chi connectivity index (χ1) is 15.0. The molecule has 8 heteroatoms. The van der Waals surface area contributed by atoms with Crippen molar-refractivity contribution in [3.63, 3.8) is 0 Å². The molecule has 0 saturated heterocycles. The number of aromatic carboxylic acids is 1. The molecule has 0 fully saturated rings. The zero-order chi connectivity index (χ0) is 22.1. The molecule has 3 rings (SSSR count). The van der Waals surface area contributed by atoms with Gasteiger partial charge in [0.1, 0.15) is 11.5 Å². The number of carbonyl (C=O) groups excluding carboxylic acids is 3. The number of nitrogens with one attached hydrogen (secondary N) is 2. The van der Waals surface area contributed by atoms with Crippen LogP contribution in [0.25, 0.3) is 0 Å². The molecule has 3 aromatic rings. The third-order valence-electron chi connectivity index (χ3n) is 4.03. The molecule has 0 unspecified atom stereocenters. The highest BCUT2D eigenvalue weighted by Gasteiger charge is 2.12. The van der Waals surface area contributed by atoms with Crippen molar-refractivity contribution in [1.82, 2.24) is 0 Å². The minimum absolute atomic E-state index is 0.0939. The van der Waals surface area contributed by atoms with Gasteiger partial charge >= 0.3 is 0 Å². The second kappa shape index (κ2) is 10.4. The molecule has 0 spiro atoms. The summed E-state index contributed by atoms with van der Waals surface area (Å²) >= 11 is 0. The lowest BCUT2D eigenvalue weighted by Crippen LogP contribution is -2.25. The van der Waals surface area contributed by atoms with Crippen LogP contribution >= 0.6 is 0 Å². The van der Waals surface area contributed by atoms with Crippen molar-refractivity contribution in [1.29, 1.82) is 0 Å². The van der Waals surface area contributed by atoms with E-state index in [9.17, 15) is 19.5 Å². The Morgan fingerprint density at radius 2 is 1.16 bits per heavy atom. The Hall–Kier alpha value is -4.33. The largest absolute Gasteiger partial charge is 0.545 e. The fourth-order valence-electron chi connectivity index (χ4n) is 2.59. The van der Waals surface area contributed by atoms with Crippen molar-refractivity contribution in [3.05, 3.63) is 84.4 Å². The highest BCUT2D eigenvalue weighted by molar-refractivity contribution is 6.02. The molecular weight excluding hydrogens is 400 g/mol. The van der Waals surface area contributed by atoms with Crippen molar-refractivity contribution < 1.29 is 29.0 Å². The van der Waals surface area contributed by atoms with Gasteiger partial charge in [-0.25, -0.2) is 0 Å². The van der Waals surface area contributed by atoms with E-state index in [-0.39, 0.29) is 30.2 Å². The van der Waals surface area contributed by atoms with Gasteiger partial charge in [-0.15, -0.1) is 0 Å². The van der Waals surface area contributed by atoms with Crippen LogP contribution in [0.5, 0.6) is 11.5 Å². The van der Waals surface area contributed by atoms with E-state index >= 15 is 0 Å². The van der Waals surface area contributed by atoms with E-state index in [0.717, 1.165) is 0 Å². The number of carboxylic acid groups (broad SMARTS) is 1. The Morgan fingerprint density at radius 3 is 1.65 bits per heavy atom. The molecule has 0 aliphatic rings. The third-order valence-corrected chi connectivity index (χ3v) is 4.03. The van der Waals surface area contributed by atoms with Crippen molar-refractivity contribution in [2.24, 2.45) is 0 Å². The maximum atomic E-state index is 12.3. The van der Waals surface area contributed by atoms with Gasteiger partial charge in [0.15, 0.2) is 13.2 Å². The van der Waals surface area contributed by atoms with Gasteiger partial charge in [-0.3, -0.25) is 9.59 Å². The number of hydrogen-bond acceptors (Lipinski definition) is 6. The first-order valence-corrected chi connectivity index (χ1v) is 9.32. The van der Waals surface area contributed by atoms with Gasteiger partial charge in [-0.2, -0.15) is 0 Å². The summed E-state index contributed by atoms with van der Waals surface area (Å²) < 4.78 is 10.8. The first kappa shape index (κ1) is 21.4. The molecule has 2 N–H and O–H groups in total. The minimum atomic E-state index is -1.42. The zero-order valence-corrected chi connectivity index (χ0v) is 16.4. The zero-order valence-electron chi connectivity index (χ0n) is 16.4. The van der Waals surface area contributed by atoms with Crippen molar-refractivity contribution in [2.75, 3.05) is 23.8 Å². The smallest absolute Gasteiger partial charge is 0.262 e. The molecule has 0 bridgehead atoms. The maximum Gasteiger partial charge on any atom is 0.262 e. The molecule has 8 nitrogen and oxygen atoms in total. The van der Waals surface area contributed by atoms with Crippen LogP contribution < -0.4 is 25.2 Å². The molecule has 0 aromatic heterocycles. The number of para-hydroxylation sites is 2.